The van der Waals surface area contributed by atoms with Crippen LogP contribution in [0, 0.1) is 5.92 Å². The van der Waals surface area contributed by atoms with E-state index in [0.29, 0.717) is 5.92 Å². The van der Waals surface area contributed by atoms with Gasteiger partial charge in [0.1, 0.15) is 0 Å². The smallest absolute Gasteiger partial charge is 0.234 e. The molecule has 0 saturated carbocycles. The Morgan fingerprint density at radius 1 is 1.62 bits per heavy atom. The zero-order valence-electron chi connectivity index (χ0n) is 8.62. The minimum absolute atomic E-state index is 0.0105. The van der Waals surface area contributed by atoms with Gasteiger partial charge in [-0.1, -0.05) is 13.8 Å². The fourth-order valence-electron chi connectivity index (χ4n) is 2.04. The van der Waals surface area contributed by atoms with Crippen LogP contribution in [0.4, 0.5) is 0 Å². The number of nitrogens with two attached hydrogens (primary N) is 1. The van der Waals surface area contributed by atoms with Crippen LogP contribution < -0.4 is 5.73 Å². The third-order valence-electron chi connectivity index (χ3n) is 2.81. The van der Waals surface area contributed by atoms with Gasteiger partial charge in [0, 0.05) is 0 Å². The molecule has 0 spiro atoms. The Morgan fingerprint density at radius 3 is 2.85 bits per heavy atom. The van der Waals surface area contributed by atoms with Gasteiger partial charge in [-0.25, -0.2) is 0 Å². The van der Waals surface area contributed by atoms with Crippen molar-refractivity contribution in [3.63, 3.8) is 0 Å². The minimum Gasteiger partial charge on any atom is -0.368 e. The minimum atomic E-state index is -0.153. The molecular weight excluding hydrogens is 164 g/mol. The van der Waals surface area contributed by atoms with Crippen LogP contribution in [-0.4, -0.2) is 29.9 Å². The second-order valence-electron chi connectivity index (χ2n) is 4.08. The van der Waals surface area contributed by atoms with E-state index in [0.717, 1.165) is 25.9 Å². The molecule has 0 radical (unpaired) electrons. The van der Waals surface area contributed by atoms with Crippen molar-refractivity contribution in [1.82, 2.24) is 4.90 Å². The van der Waals surface area contributed by atoms with Gasteiger partial charge < -0.3 is 5.73 Å². The number of carbonyl (C=O) groups excluding carboxylic acids is 1. The van der Waals surface area contributed by atoms with Crippen LogP contribution in [0.15, 0.2) is 0 Å². The summed E-state index contributed by atoms with van der Waals surface area (Å²) >= 11 is 0. The molecule has 1 amide bonds. The maximum Gasteiger partial charge on any atom is 0.234 e. The number of piperidine rings is 1. The molecule has 76 valence electrons. The standard InChI is InChI=1S/C10H20N2O/c1-3-5-12-6-4-8(2)7-9(12)10(11)13/h8-9H,3-7H2,1-2H3,(H2,11,13). The molecule has 2 atom stereocenters. The van der Waals surface area contributed by atoms with Crippen molar-refractivity contribution in [1.29, 1.82) is 0 Å². The average Bonchev–Trinajstić information content (AvgIpc) is 2.08. The Morgan fingerprint density at radius 2 is 2.31 bits per heavy atom. The summed E-state index contributed by atoms with van der Waals surface area (Å²) in [5.41, 5.74) is 5.37. The summed E-state index contributed by atoms with van der Waals surface area (Å²) in [6, 6.07) is -0.0105. The number of nitrogens with zero attached hydrogens (tertiary/aromatic N) is 1. The average molecular weight is 184 g/mol. The van der Waals surface area contributed by atoms with Crippen LogP contribution in [0.2, 0.25) is 0 Å². The van der Waals surface area contributed by atoms with Gasteiger partial charge in [-0.05, 0) is 38.3 Å². The molecule has 0 aromatic rings. The van der Waals surface area contributed by atoms with Gasteiger partial charge in [-0.2, -0.15) is 0 Å². The van der Waals surface area contributed by atoms with Gasteiger partial charge >= 0.3 is 0 Å². The number of likely N-dealkylation sites (tertiary alicyclic amines) is 1. The molecule has 1 saturated heterocycles. The van der Waals surface area contributed by atoms with E-state index in [-0.39, 0.29) is 11.9 Å². The Bertz CT molecular complexity index is 182. The zero-order chi connectivity index (χ0) is 9.84. The van der Waals surface area contributed by atoms with Crippen LogP contribution in [0.5, 0.6) is 0 Å². The molecule has 0 aliphatic carbocycles. The summed E-state index contributed by atoms with van der Waals surface area (Å²) < 4.78 is 0. The first-order chi connectivity index (χ1) is 6.15. The van der Waals surface area contributed by atoms with Crippen molar-refractivity contribution in [2.24, 2.45) is 11.7 Å². The lowest BCUT2D eigenvalue weighted by molar-refractivity contribution is -0.125. The van der Waals surface area contributed by atoms with E-state index in [1.165, 1.54) is 6.42 Å². The van der Waals surface area contributed by atoms with Gasteiger partial charge in [0.05, 0.1) is 6.04 Å². The number of amides is 1. The third kappa shape index (κ3) is 2.69. The summed E-state index contributed by atoms with van der Waals surface area (Å²) in [7, 11) is 0. The van der Waals surface area contributed by atoms with Crippen LogP contribution in [0.1, 0.15) is 33.1 Å². The van der Waals surface area contributed by atoms with Gasteiger partial charge in [0.2, 0.25) is 5.91 Å². The van der Waals surface area contributed by atoms with E-state index in [1.807, 2.05) is 0 Å². The molecule has 13 heavy (non-hydrogen) atoms. The van der Waals surface area contributed by atoms with E-state index < -0.39 is 0 Å². The highest BCUT2D eigenvalue weighted by Gasteiger charge is 2.29. The second-order valence-corrected chi connectivity index (χ2v) is 4.08. The van der Waals surface area contributed by atoms with Crippen LogP contribution in [-0.2, 0) is 4.79 Å². The molecule has 0 aromatic heterocycles. The molecule has 3 nitrogen and oxygen atoms in total. The summed E-state index contributed by atoms with van der Waals surface area (Å²) in [6.45, 7) is 6.36. The fourth-order valence-corrected chi connectivity index (χ4v) is 2.04. The lowest BCUT2D eigenvalue weighted by Gasteiger charge is -2.36. The van der Waals surface area contributed by atoms with E-state index in [1.54, 1.807) is 0 Å². The SMILES string of the molecule is CCCN1CCC(C)CC1C(N)=O. The van der Waals surface area contributed by atoms with Crippen molar-refractivity contribution in [2.45, 2.75) is 39.2 Å². The predicted molar refractivity (Wildman–Crippen MR) is 53.2 cm³/mol. The van der Waals surface area contributed by atoms with E-state index in [4.69, 9.17) is 5.73 Å². The number of carbonyl (C=O) groups is 1. The van der Waals surface area contributed by atoms with Crippen molar-refractivity contribution in [3.05, 3.63) is 0 Å². The van der Waals surface area contributed by atoms with Gasteiger partial charge in [-0.15, -0.1) is 0 Å². The first kappa shape index (κ1) is 10.5. The van der Waals surface area contributed by atoms with Crippen LogP contribution in [0.3, 0.4) is 0 Å². The molecule has 1 aliphatic heterocycles. The maximum atomic E-state index is 11.2. The molecule has 0 aromatic carbocycles. The van der Waals surface area contributed by atoms with Gasteiger partial charge in [-0.3, -0.25) is 9.69 Å². The lowest BCUT2D eigenvalue weighted by atomic mass is 9.92. The summed E-state index contributed by atoms with van der Waals surface area (Å²) in [6.07, 6.45) is 3.23. The quantitative estimate of drug-likeness (QED) is 0.710. The Hall–Kier alpha value is -0.570. The Balaban J connectivity index is 2.55. The molecular formula is C10H20N2O. The van der Waals surface area contributed by atoms with Crippen LogP contribution in [0.25, 0.3) is 0 Å². The monoisotopic (exact) mass is 184 g/mol. The summed E-state index contributed by atoms with van der Waals surface area (Å²) in [5, 5.41) is 0. The lowest BCUT2D eigenvalue weighted by Crippen LogP contribution is -2.49. The number of hydrogen-bond donors (Lipinski definition) is 1. The van der Waals surface area contributed by atoms with E-state index >= 15 is 0 Å². The Kier molecular flexibility index (Phi) is 3.72. The third-order valence-corrected chi connectivity index (χ3v) is 2.81. The molecule has 0 bridgehead atoms. The van der Waals surface area contributed by atoms with Gasteiger partial charge in [0.15, 0.2) is 0 Å². The predicted octanol–water partition coefficient (Wildman–Crippen LogP) is 0.982. The first-order valence-electron chi connectivity index (χ1n) is 5.18. The zero-order valence-corrected chi connectivity index (χ0v) is 8.62. The first-order valence-corrected chi connectivity index (χ1v) is 5.18. The molecule has 1 fully saturated rings. The molecule has 1 aliphatic rings. The van der Waals surface area contributed by atoms with Crippen molar-refractivity contribution in [2.75, 3.05) is 13.1 Å². The molecule has 1 heterocycles. The van der Waals surface area contributed by atoms with Crippen molar-refractivity contribution < 1.29 is 4.79 Å². The number of rotatable bonds is 3. The van der Waals surface area contributed by atoms with Crippen LogP contribution >= 0.6 is 0 Å². The molecule has 2 N–H and O–H groups in total. The maximum absolute atomic E-state index is 11.2. The highest BCUT2D eigenvalue weighted by atomic mass is 16.1. The van der Waals surface area contributed by atoms with E-state index in [2.05, 4.69) is 18.7 Å². The Labute approximate surface area is 80.3 Å². The summed E-state index contributed by atoms with van der Waals surface area (Å²) in [5.74, 6) is 0.491. The summed E-state index contributed by atoms with van der Waals surface area (Å²) in [4.78, 5) is 13.4. The number of primary amides is 1. The van der Waals surface area contributed by atoms with Crippen molar-refractivity contribution >= 4 is 5.91 Å². The second kappa shape index (κ2) is 4.61. The highest BCUT2D eigenvalue weighted by Crippen LogP contribution is 2.22. The largest absolute Gasteiger partial charge is 0.368 e. The van der Waals surface area contributed by atoms with E-state index in [9.17, 15) is 4.79 Å². The highest BCUT2D eigenvalue weighted by molar-refractivity contribution is 5.79. The molecule has 1 rings (SSSR count). The van der Waals surface area contributed by atoms with Crippen molar-refractivity contribution in [3.8, 4) is 0 Å². The normalized spacial score (nSPS) is 30.3. The number of hydrogen-bond acceptors (Lipinski definition) is 2. The molecule has 2 unspecified atom stereocenters. The van der Waals surface area contributed by atoms with Gasteiger partial charge in [0.25, 0.3) is 0 Å². The topological polar surface area (TPSA) is 46.3 Å². The molecule has 3 heteroatoms. The fraction of sp³-hybridized carbons (Fsp3) is 0.900.